The van der Waals surface area contributed by atoms with Crippen LogP contribution in [0, 0.1) is 0 Å². The monoisotopic (exact) mass is 327 g/mol. The van der Waals surface area contributed by atoms with Crippen molar-refractivity contribution in [1.82, 2.24) is 5.48 Å². The van der Waals surface area contributed by atoms with Crippen molar-refractivity contribution in [1.29, 1.82) is 0 Å². The number of hydrogen-bond acceptors (Lipinski definition) is 4. The number of benzene rings is 2. The smallest absolute Gasteiger partial charge is 0.275 e. The lowest BCUT2D eigenvalue weighted by molar-refractivity contribution is 0.0525. The molecule has 1 amide bonds. The van der Waals surface area contributed by atoms with E-state index in [2.05, 4.69) is 5.48 Å². The zero-order chi connectivity index (χ0) is 17.0. The lowest BCUT2D eigenvalue weighted by Crippen LogP contribution is -2.33. The van der Waals surface area contributed by atoms with Crippen LogP contribution in [-0.4, -0.2) is 26.2 Å². The van der Waals surface area contributed by atoms with Crippen LogP contribution >= 0.6 is 0 Å². The van der Waals surface area contributed by atoms with Gasteiger partial charge in [-0.15, -0.1) is 0 Å². The maximum Gasteiger partial charge on any atom is 0.275 e. The minimum Gasteiger partial charge on any atom is -0.492 e. The van der Waals surface area contributed by atoms with Crippen LogP contribution in [0.2, 0.25) is 0 Å². The third kappa shape index (κ3) is 3.27. The summed E-state index contributed by atoms with van der Waals surface area (Å²) in [6, 6.07) is 15.5. The molecule has 0 radical (unpaired) electrons. The van der Waals surface area contributed by atoms with Gasteiger partial charge in [-0.25, -0.2) is 5.48 Å². The van der Waals surface area contributed by atoms with Gasteiger partial charge in [0.1, 0.15) is 5.75 Å². The minimum atomic E-state index is -0.383. The minimum absolute atomic E-state index is 0.283. The Balaban J connectivity index is 1.77. The van der Waals surface area contributed by atoms with E-state index in [1.165, 1.54) is 7.11 Å². The molecule has 24 heavy (non-hydrogen) atoms. The highest BCUT2D eigenvalue weighted by Gasteiger charge is 2.40. The molecule has 0 unspecified atom stereocenters. The molecule has 5 heteroatoms. The van der Waals surface area contributed by atoms with E-state index in [1.54, 1.807) is 12.1 Å². The molecular weight excluding hydrogens is 306 g/mol. The predicted molar refractivity (Wildman–Crippen MR) is 89.9 cm³/mol. The first-order valence-electron chi connectivity index (χ1n) is 7.85. The van der Waals surface area contributed by atoms with Crippen molar-refractivity contribution >= 4 is 5.91 Å². The fourth-order valence-electron chi connectivity index (χ4n) is 3.00. The van der Waals surface area contributed by atoms with Gasteiger partial charge < -0.3 is 9.47 Å². The molecule has 1 atom stereocenters. The quantitative estimate of drug-likeness (QED) is 0.829. The number of fused-ring (bicyclic) bond motifs is 1. The molecule has 1 aliphatic rings. The largest absolute Gasteiger partial charge is 0.492 e. The zero-order valence-electron chi connectivity index (χ0n) is 13.9. The van der Waals surface area contributed by atoms with Crippen molar-refractivity contribution in [3.63, 3.8) is 0 Å². The van der Waals surface area contributed by atoms with Gasteiger partial charge in [-0.1, -0.05) is 36.4 Å². The first-order chi connectivity index (χ1) is 11.6. The van der Waals surface area contributed by atoms with Crippen molar-refractivity contribution in [3.05, 3.63) is 65.2 Å². The molecule has 0 aliphatic carbocycles. The Hall–Kier alpha value is -2.37. The van der Waals surface area contributed by atoms with Crippen molar-refractivity contribution in [3.8, 4) is 5.75 Å². The molecule has 0 bridgehead atoms. The number of nitrogens with one attached hydrogen (secondary N) is 1. The molecule has 1 heterocycles. The van der Waals surface area contributed by atoms with Gasteiger partial charge in [0, 0.05) is 11.1 Å². The van der Waals surface area contributed by atoms with Crippen LogP contribution in [0.3, 0.4) is 0 Å². The molecule has 126 valence electrons. The number of rotatable bonds is 6. The summed E-state index contributed by atoms with van der Waals surface area (Å²) in [6.07, 6.45) is 0. The van der Waals surface area contributed by atoms with E-state index in [0.29, 0.717) is 25.4 Å². The van der Waals surface area contributed by atoms with Gasteiger partial charge in [-0.3, -0.25) is 9.63 Å². The van der Waals surface area contributed by atoms with Gasteiger partial charge in [-0.2, -0.15) is 0 Å². The molecule has 5 nitrogen and oxygen atoms in total. The topological polar surface area (TPSA) is 56.8 Å². The molecule has 0 aromatic heterocycles. The van der Waals surface area contributed by atoms with Gasteiger partial charge >= 0.3 is 0 Å². The fourth-order valence-corrected chi connectivity index (χ4v) is 3.00. The Kier molecular flexibility index (Phi) is 4.83. The van der Waals surface area contributed by atoms with E-state index in [-0.39, 0.29) is 11.3 Å². The molecule has 0 fully saturated rings. The summed E-state index contributed by atoms with van der Waals surface area (Å²) < 4.78 is 11.7. The number of ether oxygens (including phenoxy) is 2. The summed E-state index contributed by atoms with van der Waals surface area (Å²) in [4.78, 5) is 17.0. The van der Waals surface area contributed by atoms with E-state index in [4.69, 9.17) is 14.3 Å². The Morgan fingerprint density at radius 2 is 2.00 bits per heavy atom. The van der Waals surface area contributed by atoms with E-state index >= 15 is 0 Å². The molecule has 0 saturated carbocycles. The lowest BCUT2D eigenvalue weighted by Gasteiger charge is -2.24. The lowest BCUT2D eigenvalue weighted by atomic mass is 9.82. The van der Waals surface area contributed by atoms with Gasteiger partial charge in [0.25, 0.3) is 5.91 Å². The number of amides is 1. The highest BCUT2D eigenvalue weighted by atomic mass is 16.6. The predicted octanol–water partition coefficient (Wildman–Crippen LogP) is 2.84. The molecule has 1 aliphatic heterocycles. The fraction of sp³-hybridized carbons (Fsp3) is 0.316. The van der Waals surface area contributed by atoms with Crippen molar-refractivity contribution < 1.29 is 19.1 Å². The zero-order valence-corrected chi connectivity index (χ0v) is 13.9. The highest BCUT2D eigenvalue weighted by Crippen LogP contribution is 2.41. The molecular formula is C19H21NO4. The van der Waals surface area contributed by atoms with Crippen LogP contribution in [0.15, 0.2) is 48.5 Å². The molecule has 2 aromatic rings. The summed E-state index contributed by atoms with van der Waals surface area (Å²) in [5.74, 6) is 0.443. The first kappa shape index (κ1) is 16.5. The molecule has 3 rings (SSSR count). The normalized spacial score (nSPS) is 18.8. The Bertz CT molecular complexity index is 717. The van der Waals surface area contributed by atoms with Crippen LogP contribution in [0.25, 0.3) is 0 Å². The van der Waals surface area contributed by atoms with Gasteiger partial charge in [0.05, 0.1) is 32.3 Å². The van der Waals surface area contributed by atoms with Crippen LogP contribution < -0.4 is 10.2 Å². The summed E-state index contributed by atoms with van der Waals surface area (Å²) in [5, 5.41) is 0. The summed E-state index contributed by atoms with van der Waals surface area (Å²) in [6.45, 7) is 3.52. The van der Waals surface area contributed by atoms with E-state index in [0.717, 1.165) is 16.9 Å². The van der Waals surface area contributed by atoms with Crippen LogP contribution in [0.4, 0.5) is 0 Å². The van der Waals surface area contributed by atoms with E-state index < -0.39 is 0 Å². The number of hydroxylamine groups is 1. The van der Waals surface area contributed by atoms with Crippen LogP contribution in [-0.2, 0) is 21.6 Å². The standard InChI is InChI=1S/C19H21NO4/c1-19(12-23-11-14-7-4-3-5-8-14)13-24-16-10-6-9-15(17(16)19)18(21)20-22-2/h3-10H,11-13H2,1-2H3,(H,20,21)/t19-/m1/s1. The Labute approximate surface area is 141 Å². The number of carbonyl (C=O) groups excluding carboxylic acids is 1. The van der Waals surface area contributed by atoms with E-state index in [1.807, 2.05) is 43.3 Å². The second-order valence-electron chi connectivity index (χ2n) is 6.14. The average Bonchev–Trinajstić information content (AvgIpc) is 2.94. The SMILES string of the molecule is CONC(=O)c1cccc2c1[C@](C)(COCc1ccccc1)CO2. The second-order valence-corrected chi connectivity index (χ2v) is 6.14. The highest BCUT2D eigenvalue weighted by molar-refractivity contribution is 5.96. The second kappa shape index (κ2) is 7.03. The van der Waals surface area contributed by atoms with E-state index in [9.17, 15) is 4.79 Å². The van der Waals surface area contributed by atoms with Gasteiger partial charge in [0.2, 0.25) is 0 Å². The van der Waals surface area contributed by atoms with Crippen molar-refractivity contribution in [2.45, 2.75) is 18.9 Å². The summed E-state index contributed by atoms with van der Waals surface area (Å²) >= 11 is 0. The molecule has 1 N–H and O–H groups in total. The maximum absolute atomic E-state index is 12.3. The molecule has 0 spiro atoms. The van der Waals surface area contributed by atoms with Crippen LogP contribution in [0.5, 0.6) is 5.75 Å². The summed E-state index contributed by atoms with van der Waals surface area (Å²) in [5.41, 5.74) is 4.53. The molecule has 0 saturated heterocycles. The number of hydrogen-bond donors (Lipinski definition) is 1. The molecule has 2 aromatic carbocycles. The average molecular weight is 327 g/mol. The first-order valence-corrected chi connectivity index (χ1v) is 7.85. The summed E-state index contributed by atoms with van der Waals surface area (Å²) in [7, 11) is 1.42. The Morgan fingerprint density at radius 3 is 2.75 bits per heavy atom. The maximum atomic E-state index is 12.3. The Morgan fingerprint density at radius 1 is 1.21 bits per heavy atom. The third-order valence-electron chi connectivity index (χ3n) is 4.15. The third-order valence-corrected chi connectivity index (χ3v) is 4.15. The van der Waals surface area contributed by atoms with Gasteiger partial charge in [0.15, 0.2) is 0 Å². The van der Waals surface area contributed by atoms with Crippen LogP contribution in [0.1, 0.15) is 28.4 Å². The van der Waals surface area contributed by atoms with Crippen molar-refractivity contribution in [2.75, 3.05) is 20.3 Å². The van der Waals surface area contributed by atoms with Crippen molar-refractivity contribution in [2.24, 2.45) is 0 Å². The number of carbonyl (C=O) groups is 1. The van der Waals surface area contributed by atoms with Gasteiger partial charge in [-0.05, 0) is 24.6 Å².